The lowest BCUT2D eigenvalue weighted by Crippen LogP contribution is -2.58. The van der Waals surface area contributed by atoms with Crippen LogP contribution >= 0.6 is 23.2 Å². The average molecular weight is 273 g/mol. The highest BCUT2D eigenvalue weighted by Crippen LogP contribution is 2.59. The van der Waals surface area contributed by atoms with Crippen LogP contribution in [0.1, 0.15) is 38.8 Å². The molecule has 0 unspecified atom stereocenters. The predicted octanol–water partition coefficient (Wildman–Crippen LogP) is 3.79. The fourth-order valence-corrected chi connectivity index (χ4v) is 4.40. The Morgan fingerprint density at radius 3 is 1.59 bits per heavy atom. The molecule has 1 N–H and O–H groups in total. The third-order valence-corrected chi connectivity index (χ3v) is 5.13. The normalized spacial score (nSPS) is 23.8. The van der Waals surface area contributed by atoms with Gasteiger partial charge in [-0.1, -0.05) is 52.0 Å². The summed E-state index contributed by atoms with van der Waals surface area (Å²) in [6.07, 6.45) is 0. The first-order valence-electron chi connectivity index (χ1n) is 5.78. The van der Waals surface area contributed by atoms with Crippen LogP contribution in [0.15, 0.2) is 24.3 Å². The monoisotopic (exact) mass is 272 g/mol. The average Bonchev–Trinajstić information content (AvgIpc) is 2.37. The van der Waals surface area contributed by atoms with Gasteiger partial charge in [0, 0.05) is 10.8 Å². The molecule has 1 nitrogen and oxygen atoms in total. The van der Waals surface area contributed by atoms with Crippen molar-refractivity contribution >= 4 is 23.2 Å². The number of aliphatic hydroxyl groups is 1. The second-order valence-electron chi connectivity index (χ2n) is 5.86. The van der Waals surface area contributed by atoms with Gasteiger partial charge in [0.05, 0.1) is 0 Å². The Morgan fingerprint density at radius 1 is 0.941 bits per heavy atom. The van der Waals surface area contributed by atoms with Gasteiger partial charge in [0.2, 0.25) is 0 Å². The largest absolute Gasteiger partial charge is 0.385 e. The molecule has 0 aromatic heterocycles. The Hall–Kier alpha value is -0.240. The molecule has 1 aromatic carbocycles. The van der Waals surface area contributed by atoms with Crippen LogP contribution in [-0.4, -0.2) is 15.5 Å². The van der Waals surface area contributed by atoms with Gasteiger partial charge in [0.25, 0.3) is 0 Å². The van der Waals surface area contributed by atoms with Crippen molar-refractivity contribution in [3.8, 4) is 0 Å². The molecule has 0 aliphatic heterocycles. The molecule has 2 rings (SSSR count). The summed E-state index contributed by atoms with van der Waals surface area (Å²) in [4.78, 5) is -0.833. The van der Waals surface area contributed by atoms with Crippen molar-refractivity contribution < 1.29 is 5.11 Å². The smallest absolute Gasteiger partial charge is 0.138 e. The topological polar surface area (TPSA) is 20.2 Å². The molecule has 0 amide bonds. The zero-order chi connectivity index (χ0) is 13.1. The molecule has 94 valence electrons. The van der Waals surface area contributed by atoms with Crippen LogP contribution < -0.4 is 0 Å². The van der Waals surface area contributed by atoms with E-state index in [1.807, 2.05) is 52.0 Å². The summed E-state index contributed by atoms with van der Waals surface area (Å²) >= 11 is 12.2. The molecule has 1 aliphatic carbocycles. The molecule has 1 aliphatic rings. The minimum absolute atomic E-state index is 0.471. The molecule has 0 atom stereocenters. The van der Waals surface area contributed by atoms with Gasteiger partial charge in [0.15, 0.2) is 0 Å². The summed E-state index contributed by atoms with van der Waals surface area (Å²) in [5.41, 5.74) is 0.132. The zero-order valence-electron chi connectivity index (χ0n) is 10.6. The number of hydrogen-bond acceptors (Lipinski definition) is 1. The van der Waals surface area contributed by atoms with Crippen LogP contribution in [0.4, 0.5) is 0 Å². The van der Waals surface area contributed by atoms with Gasteiger partial charge in [-0.15, -0.1) is 23.2 Å². The van der Waals surface area contributed by atoms with E-state index in [-0.39, 0.29) is 0 Å². The van der Waals surface area contributed by atoms with Gasteiger partial charge in [-0.05, 0) is 11.1 Å². The molecule has 0 fully saturated rings. The van der Waals surface area contributed by atoms with Crippen LogP contribution in [0.3, 0.4) is 0 Å². The summed E-state index contributed by atoms with van der Waals surface area (Å²) < 4.78 is 0. The molecule has 0 saturated heterocycles. The van der Waals surface area contributed by atoms with E-state index >= 15 is 0 Å². The van der Waals surface area contributed by atoms with Gasteiger partial charge in [-0.2, -0.15) is 0 Å². The van der Waals surface area contributed by atoms with Crippen LogP contribution in [0.5, 0.6) is 0 Å². The van der Waals surface area contributed by atoms with E-state index in [0.29, 0.717) is 0 Å². The Balaban J connectivity index is 2.77. The molecule has 0 saturated carbocycles. The van der Waals surface area contributed by atoms with Crippen molar-refractivity contribution in [3.05, 3.63) is 35.4 Å². The van der Waals surface area contributed by atoms with Crippen molar-refractivity contribution in [1.29, 1.82) is 0 Å². The Kier molecular flexibility index (Phi) is 2.82. The van der Waals surface area contributed by atoms with E-state index in [1.165, 1.54) is 0 Å². The number of fused-ring (bicyclic) bond motifs is 1. The molecule has 1 aromatic rings. The summed E-state index contributed by atoms with van der Waals surface area (Å²) in [5, 5.41) is 11.1. The van der Waals surface area contributed by atoms with Crippen LogP contribution in [0.2, 0.25) is 0 Å². The zero-order valence-corrected chi connectivity index (χ0v) is 12.1. The first kappa shape index (κ1) is 13.2. The van der Waals surface area contributed by atoms with E-state index in [0.717, 1.165) is 11.1 Å². The van der Waals surface area contributed by atoms with Gasteiger partial charge >= 0.3 is 0 Å². The highest BCUT2D eigenvalue weighted by atomic mass is 35.5. The minimum atomic E-state index is -1.17. The van der Waals surface area contributed by atoms with E-state index in [2.05, 4.69) is 0 Å². The van der Waals surface area contributed by atoms with Gasteiger partial charge < -0.3 is 5.11 Å². The third-order valence-electron chi connectivity index (χ3n) is 4.50. The molecule has 17 heavy (non-hydrogen) atoms. The lowest BCUT2D eigenvalue weighted by Gasteiger charge is -2.46. The quantitative estimate of drug-likeness (QED) is 0.772. The first-order valence-corrected chi connectivity index (χ1v) is 6.65. The van der Waals surface area contributed by atoms with Crippen LogP contribution in [-0.2, 0) is 10.8 Å². The van der Waals surface area contributed by atoms with Gasteiger partial charge in [0.1, 0.15) is 10.4 Å². The maximum atomic E-state index is 11.1. The maximum absolute atomic E-state index is 11.1. The molecular weight excluding hydrogens is 255 g/mol. The summed E-state index contributed by atoms with van der Waals surface area (Å²) in [5.74, 6) is 0. The van der Waals surface area contributed by atoms with Crippen LogP contribution in [0, 0.1) is 0 Å². The summed E-state index contributed by atoms with van der Waals surface area (Å²) in [6.45, 7) is 7.99. The van der Waals surface area contributed by atoms with E-state index < -0.39 is 21.3 Å². The number of benzene rings is 1. The van der Waals surface area contributed by atoms with Crippen molar-refractivity contribution in [3.63, 3.8) is 0 Å². The molecule has 0 radical (unpaired) electrons. The standard InChI is InChI=1S/C14H18Cl2O/c1-12(2)9-7-5-6-8-10(9)13(3,4)14(12,17)11(15)16/h5-8,11,17H,1-4H3. The van der Waals surface area contributed by atoms with Crippen molar-refractivity contribution in [2.75, 3.05) is 0 Å². The van der Waals surface area contributed by atoms with E-state index in [1.54, 1.807) is 0 Å². The van der Waals surface area contributed by atoms with E-state index in [4.69, 9.17) is 23.2 Å². The maximum Gasteiger partial charge on any atom is 0.138 e. The third kappa shape index (κ3) is 1.36. The van der Waals surface area contributed by atoms with Gasteiger partial charge in [-0.25, -0.2) is 0 Å². The Morgan fingerprint density at radius 2 is 1.29 bits per heavy atom. The minimum Gasteiger partial charge on any atom is -0.385 e. The van der Waals surface area contributed by atoms with E-state index in [9.17, 15) is 5.11 Å². The summed E-state index contributed by atoms with van der Waals surface area (Å²) in [6, 6.07) is 8.07. The molecule has 3 heteroatoms. The highest BCUT2D eigenvalue weighted by Gasteiger charge is 2.64. The molecule has 0 spiro atoms. The van der Waals surface area contributed by atoms with Crippen molar-refractivity contribution in [1.82, 2.24) is 0 Å². The van der Waals surface area contributed by atoms with Crippen molar-refractivity contribution in [2.45, 2.75) is 49.0 Å². The number of halogens is 2. The second-order valence-corrected chi connectivity index (χ2v) is 6.96. The highest BCUT2D eigenvalue weighted by molar-refractivity contribution is 6.45. The first-order chi connectivity index (χ1) is 7.67. The Bertz CT molecular complexity index is 414. The molecule has 0 bridgehead atoms. The molecular formula is C14H18Cl2O. The SMILES string of the molecule is CC1(C)c2ccccc2C(C)(C)C1(O)C(Cl)Cl. The lowest BCUT2D eigenvalue weighted by atomic mass is 9.67. The number of hydrogen-bond donors (Lipinski definition) is 1. The fourth-order valence-electron chi connectivity index (χ4n) is 3.31. The Labute approximate surface area is 113 Å². The van der Waals surface area contributed by atoms with Crippen molar-refractivity contribution in [2.24, 2.45) is 0 Å². The van der Waals surface area contributed by atoms with Gasteiger partial charge in [-0.3, -0.25) is 0 Å². The number of rotatable bonds is 1. The second kappa shape index (κ2) is 3.63. The molecule has 0 heterocycles. The van der Waals surface area contributed by atoms with Crippen LogP contribution in [0.25, 0.3) is 0 Å². The fraction of sp³-hybridized carbons (Fsp3) is 0.571. The predicted molar refractivity (Wildman–Crippen MR) is 72.9 cm³/mol. The summed E-state index contributed by atoms with van der Waals surface area (Å²) in [7, 11) is 0. The number of alkyl halides is 2. The lowest BCUT2D eigenvalue weighted by molar-refractivity contribution is -0.0547.